The third-order valence-corrected chi connectivity index (χ3v) is 4.68. The summed E-state index contributed by atoms with van der Waals surface area (Å²) < 4.78 is 5.70. The van der Waals surface area contributed by atoms with Gasteiger partial charge in [-0.2, -0.15) is 0 Å². The largest absolute Gasteiger partial charge is 0.486 e. The van der Waals surface area contributed by atoms with Crippen molar-refractivity contribution in [1.29, 1.82) is 0 Å². The fraction of sp³-hybridized carbons (Fsp3) is 0.292. The van der Waals surface area contributed by atoms with Crippen LogP contribution in [-0.4, -0.2) is 15.9 Å². The van der Waals surface area contributed by atoms with Gasteiger partial charge in [0.25, 0.3) is 5.91 Å². The molecule has 29 heavy (non-hydrogen) atoms. The van der Waals surface area contributed by atoms with Gasteiger partial charge in [0.1, 0.15) is 12.4 Å². The summed E-state index contributed by atoms with van der Waals surface area (Å²) >= 11 is 0. The number of rotatable bonds is 6. The van der Waals surface area contributed by atoms with Crippen LogP contribution in [0, 0.1) is 0 Å². The van der Waals surface area contributed by atoms with Crippen molar-refractivity contribution in [1.82, 2.24) is 15.3 Å². The summed E-state index contributed by atoms with van der Waals surface area (Å²) in [6.07, 6.45) is 3.40. The quantitative estimate of drug-likeness (QED) is 0.655. The van der Waals surface area contributed by atoms with Gasteiger partial charge in [0.15, 0.2) is 0 Å². The van der Waals surface area contributed by atoms with Crippen LogP contribution in [0.15, 0.2) is 67.0 Å². The predicted octanol–water partition coefficient (Wildman–Crippen LogP) is 4.84. The first-order chi connectivity index (χ1) is 13.8. The van der Waals surface area contributed by atoms with Crippen molar-refractivity contribution in [3.8, 4) is 5.75 Å². The molecule has 1 unspecified atom stereocenters. The molecule has 2 heterocycles. The van der Waals surface area contributed by atoms with Gasteiger partial charge < -0.3 is 10.1 Å². The summed E-state index contributed by atoms with van der Waals surface area (Å²) in [6.45, 7) is 8.76. The fourth-order valence-electron chi connectivity index (χ4n) is 2.85. The summed E-state index contributed by atoms with van der Waals surface area (Å²) in [7, 11) is 0. The number of amides is 1. The molecule has 1 N–H and O–H groups in total. The second-order valence-electron chi connectivity index (χ2n) is 8.05. The van der Waals surface area contributed by atoms with E-state index in [4.69, 9.17) is 4.74 Å². The van der Waals surface area contributed by atoms with E-state index in [0.29, 0.717) is 17.9 Å². The molecule has 0 bridgehead atoms. The van der Waals surface area contributed by atoms with Crippen LogP contribution in [0.5, 0.6) is 5.75 Å². The van der Waals surface area contributed by atoms with Crippen molar-refractivity contribution < 1.29 is 9.53 Å². The highest BCUT2D eigenvalue weighted by Gasteiger charge is 2.16. The molecule has 3 aromatic rings. The maximum atomic E-state index is 12.5. The lowest BCUT2D eigenvalue weighted by atomic mass is 9.86. The number of carbonyl (C=O) groups excluding carboxylic acids is 1. The van der Waals surface area contributed by atoms with E-state index < -0.39 is 0 Å². The van der Waals surface area contributed by atoms with Gasteiger partial charge in [0.2, 0.25) is 0 Å². The number of pyridine rings is 2. The first-order valence-electron chi connectivity index (χ1n) is 9.73. The maximum Gasteiger partial charge on any atom is 0.251 e. The smallest absolute Gasteiger partial charge is 0.251 e. The third kappa shape index (κ3) is 5.64. The normalized spacial score (nSPS) is 12.3. The van der Waals surface area contributed by atoms with E-state index in [-0.39, 0.29) is 17.4 Å². The van der Waals surface area contributed by atoms with Crippen LogP contribution in [0.25, 0.3) is 0 Å². The standard InChI is InChI=1S/C24H27N3O2/c1-17(27-23(28)18-8-10-19(11-9-18)24(2,3)4)22-13-12-21(15-26-22)29-16-20-7-5-6-14-25-20/h5-15,17H,16H2,1-4H3,(H,27,28). The first-order valence-corrected chi connectivity index (χ1v) is 9.73. The Kier molecular flexibility index (Phi) is 6.27. The Balaban J connectivity index is 1.57. The predicted molar refractivity (Wildman–Crippen MR) is 114 cm³/mol. The summed E-state index contributed by atoms with van der Waals surface area (Å²) in [5, 5.41) is 3.00. The van der Waals surface area contributed by atoms with Gasteiger partial charge in [-0.1, -0.05) is 39.0 Å². The number of nitrogens with zero attached hydrogens (tertiary/aromatic N) is 2. The van der Waals surface area contributed by atoms with Crippen LogP contribution in [0.4, 0.5) is 0 Å². The molecule has 5 heteroatoms. The summed E-state index contributed by atoms with van der Waals surface area (Å²) in [4.78, 5) is 21.2. The highest BCUT2D eigenvalue weighted by atomic mass is 16.5. The molecule has 5 nitrogen and oxygen atoms in total. The van der Waals surface area contributed by atoms with Crippen molar-refractivity contribution in [2.45, 2.75) is 45.8 Å². The monoisotopic (exact) mass is 389 g/mol. The lowest BCUT2D eigenvalue weighted by Crippen LogP contribution is -2.27. The van der Waals surface area contributed by atoms with E-state index in [1.165, 1.54) is 5.56 Å². The molecule has 0 spiro atoms. The number of benzene rings is 1. The van der Waals surface area contributed by atoms with Gasteiger partial charge in [0, 0.05) is 11.8 Å². The molecule has 0 aliphatic carbocycles. The van der Waals surface area contributed by atoms with E-state index in [9.17, 15) is 4.79 Å². The molecule has 0 radical (unpaired) electrons. The van der Waals surface area contributed by atoms with Crippen molar-refractivity contribution in [3.05, 3.63) is 89.5 Å². The topological polar surface area (TPSA) is 64.1 Å². The number of hydrogen-bond acceptors (Lipinski definition) is 4. The lowest BCUT2D eigenvalue weighted by molar-refractivity contribution is 0.0939. The van der Waals surface area contributed by atoms with Crippen LogP contribution in [0.2, 0.25) is 0 Å². The van der Waals surface area contributed by atoms with E-state index >= 15 is 0 Å². The molecule has 0 fully saturated rings. The van der Waals surface area contributed by atoms with Crippen molar-refractivity contribution >= 4 is 5.91 Å². The van der Waals surface area contributed by atoms with Gasteiger partial charge in [-0.3, -0.25) is 14.8 Å². The molecule has 0 aliphatic rings. The first kappa shape index (κ1) is 20.5. The Morgan fingerprint density at radius 1 is 1.03 bits per heavy atom. The van der Waals surface area contributed by atoms with Crippen molar-refractivity contribution in [2.75, 3.05) is 0 Å². The SMILES string of the molecule is CC(NC(=O)c1ccc(C(C)(C)C)cc1)c1ccc(OCc2ccccn2)cn1. The highest BCUT2D eigenvalue weighted by Crippen LogP contribution is 2.22. The summed E-state index contributed by atoms with van der Waals surface area (Å²) in [6, 6.07) is 16.9. The minimum Gasteiger partial charge on any atom is -0.486 e. The fourth-order valence-corrected chi connectivity index (χ4v) is 2.85. The Hall–Kier alpha value is -3.21. The van der Waals surface area contributed by atoms with Crippen LogP contribution in [0.1, 0.15) is 61.0 Å². The second kappa shape index (κ2) is 8.86. The van der Waals surface area contributed by atoms with Gasteiger partial charge in [-0.25, -0.2) is 0 Å². The summed E-state index contributed by atoms with van der Waals surface area (Å²) in [5.41, 5.74) is 3.53. The zero-order valence-electron chi connectivity index (χ0n) is 17.3. The Morgan fingerprint density at radius 2 is 1.79 bits per heavy atom. The van der Waals surface area contributed by atoms with Crippen molar-refractivity contribution in [2.24, 2.45) is 0 Å². The van der Waals surface area contributed by atoms with Gasteiger partial charge in [0.05, 0.1) is 23.6 Å². The molecule has 0 aliphatic heterocycles. The molecule has 1 atom stereocenters. The number of carbonyl (C=O) groups is 1. The molecular weight excluding hydrogens is 362 g/mol. The van der Waals surface area contributed by atoms with Gasteiger partial charge in [-0.15, -0.1) is 0 Å². The molecule has 2 aromatic heterocycles. The van der Waals surface area contributed by atoms with E-state index in [0.717, 1.165) is 11.4 Å². The third-order valence-electron chi connectivity index (χ3n) is 4.68. The number of ether oxygens (including phenoxy) is 1. The molecular formula is C24H27N3O2. The van der Waals surface area contributed by atoms with Gasteiger partial charge >= 0.3 is 0 Å². The number of nitrogens with one attached hydrogen (secondary N) is 1. The Bertz CT molecular complexity index is 931. The highest BCUT2D eigenvalue weighted by molar-refractivity contribution is 5.94. The average molecular weight is 389 g/mol. The minimum atomic E-state index is -0.213. The maximum absolute atomic E-state index is 12.5. The van der Waals surface area contributed by atoms with E-state index in [1.807, 2.05) is 61.5 Å². The van der Waals surface area contributed by atoms with Crippen LogP contribution in [0.3, 0.4) is 0 Å². The minimum absolute atomic E-state index is 0.0621. The van der Waals surface area contributed by atoms with Crippen molar-refractivity contribution in [3.63, 3.8) is 0 Å². The van der Waals surface area contributed by atoms with E-state index in [1.54, 1.807) is 12.4 Å². The zero-order valence-corrected chi connectivity index (χ0v) is 17.3. The molecule has 3 rings (SSSR count). The molecule has 0 saturated carbocycles. The Labute approximate surface area is 172 Å². The number of hydrogen-bond donors (Lipinski definition) is 1. The summed E-state index contributed by atoms with van der Waals surface area (Å²) in [5.74, 6) is 0.547. The Morgan fingerprint density at radius 3 is 2.38 bits per heavy atom. The van der Waals surface area contributed by atoms with Crippen LogP contribution >= 0.6 is 0 Å². The average Bonchev–Trinajstić information content (AvgIpc) is 2.73. The lowest BCUT2D eigenvalue weighted by Gasteiger charge is -2.19. The molecule has 0 saturated heterocycles. The molecule has 1 amide bonds. The van der Waals surface area contributed by atoms with Crippen LogP contribution in [-0.2, 0) is 12.0 Å². The molecule has 150 valence electrons. The van der Waals surface area contributed by atoms with Crippen LogP contribution < -0.4 is 10.1 Å². The molecule has 1 aromatic carbocycles. The van der Waals surface area contributed by atoms with E-state index in [2.05, 4.69) is 36.1 Å². The van der Waals surface area contributed by atoms with Gasteiger partial charge in [-0.05, 0) is 54.3 Å². The number of aromatic nitrogens is 2. The second-order valence-corrected chi connectivity index (χ2v) is 8.05. The zero-order chi connectivity index (χ0) is 20.9.